The third kappa shape index (κ3) is 5.06. The van der Waals surface area contributed by atoms with Gasteiger partial charge in [-0.2, -0.15) is 0 Å². The van der Waals surface area contributed by atoms with E-state index in [9.17, 15) is 0 Å². The second-order valence-electron chi connectivity index (χ2n) is 5.75. The third-order valence-electron chi connectivity index (χ3n) is 3.37. The van der Waals surface area contributed by atoms with Crippen molar-refractivity contribution in [2.24, 2.45) is 5.92 Å². The van der Waals surface area contributed by atoms with Gasteiger partial charge in [-0.3, -0.25) is 0 Å². The quantitative estimate of drug-likeness (QED) is 0.837. The van der Waals surface area contributed by atoms with Crippen LogP contribution >= 0.6 is 11.3 Å². The summed E-state index contributed by atoms with van der Waals surface area (Å²) in [5.74, 6) is 0.602. The molecule has 2 aromatic rings. The van der Waals surface area contributed by atoms with Gasteiger partial charge in [-0.25, -0.2) is 4.98 Å². The van der Waals surface area contributed by atoms with Crippen molar-refractivity contribution in [2.75, 3.05) is 6.54 Å². The first-order chi connectivity index (χ1) is 9.63. The first kappa shape index (κ1) is 15.2. The Hall–Kier alpha value is -1.19. The number of rotatable bonds is 7. The van der Waals surface area contributed by atoms with Gasteiger partial charge in [-0.15, -0.1) is 11.3 Å². The highest BCUT2D eigenvalue weighted by Gasteiger charge is 2.13. The van der Waals surface area contributed by atoms with Crippen LogP contribution in [0, 0.1) is 12.8 Å². The molecule has 0 saturated carbocycles. The van der Waals surface area contributed by atoms with Crippen molar-refractivity contribution < 1.29 is 0 Å². The lowest BCUT2D eigenvalue weighted by molar-refractivity contribution is 0.443. The number of nitrogens with one attached hydrogen (secondary N) is 1. The lowest BCUT2D eigenvalue weighted by Crippen LogP contribution is -2.31. The zero-order valence-corrected chi connectivity index (χ0v) is 13.4. The molecule has 1 atom stereocenters. The van der Waals surface area contributed by atoms with Crippen molar-refractivity contribution in [3.8, 4) is 0 Å². The predicted octanol–water partition coefficient (Wildman–Crippen LogP) is 3.85. The normalized spacial score (nSPS) is 12.8. The molecule has 0 saturated heterocycles. The van der Waals surface area contributed by atoms with Gasteiger partial charge in [0, 0.05) is 24.0 Å². The molecular formula is C17H24N2S. The highest BCUT2D eigenvalue weighted by molar-refractivity contribution is 7.09. The molecule has 0 aliphatic heterocycles. The Kier molecular flexibility index (Phi) is 5.74. The van der Waals surface area contributed by atoms with Crippen molar-refractivity contribution in [3.63, 3.8) is 0 Å². The average molecular weight is 288 g/mol. The fourth-order valence-electron chi connectivity index (χ4n) is 2.39. The maximum Gasteiger partial charge on any atom is 0.0928 e. The summed E-state index contributed by atoms with van der Waals surface area (Å²) in [5.41, 5.74) is 2.77. The molecule has 108 valence electrons. The molecular weight excluding hydrogens is 264 g/mol. The monoisotopic (exact) mass is 288 g/mol. The number of hydrogen-bond acceptors (Lipinski definition) is 3. The Morgan fingerprint density at radius 3 is 2.75 bits per heavy atom. The van der Waals surface area contributed by atoms with E-state index in [0.29, 0.717) is 12.0 Å². The standard InChI is InChI=1S/C17H24N2S/c1-13(2)19-12-16(11-17-18-7-8-20-17)10-15-6-4-5-14(3)9-15/h4-9,13,16,19H,10-12H2,1-3H3. The Morgan fingerprint density at radius 1 is 1.25 bits per heavy atom. The van der Waals surface area contributed by atoms with Gasteiger partial charge < -0.3 is 5.32 Å². The van der Waals surface area contributed by atoms with Gasteiger partial charge in [-0.05, 0) is 31.4 Å². The Morgan fingerprint density at radius 2 is 2.10 bits per heavy atom. The van der Waals surface area contributed by atoms with Crippen LogP contribution in [-0.4, -0.2) is 17.6 Å². The molecule has 3 heteroatoms. The van der Waals surface area contributed by atoms with Crippen LogP contribution in [0.2, 0.25) is 0 Å². The molecule has 1 aromatic heterocycles. The van der Waals surface area contributed by atoms with Crippen LogP contribution in [0.4, 0.5) is 0 Å². The summed E-state index contributed by atoms with van der Waals surface area (Å²) in [4.78, 5) is 4.43. The number of benzene rings is 1. The van der Waals surface area contributed by atoms with Crippen LogP contribution in [-0.2, 0) is 12.8 Å². The topological polar surface area (TPSA) is 24.9 Å². The van der Waals surface area contributed by atoms with Crippen LogP contribution < -0.4 is 5.32 Å². The van der Waals surface area contributed by atoms with E-state index in [1.807, 2.05) is 6.20 Å². The van der Waals surface area contributed by atoms with Crippen LogP contribution in [0.25, 0.3) is 0 Å². The first-order valence-corrected chi connectivity index (χ1v) is 8.18. The van der Waals surface area contributed by atoms with Crippen LogP contribution in [0.5, 0.6) is 0 Å². The lowest BCUT2D eigenvalue weighted by atomic mass is 9.95. The number of hydrogen-bond donors (Lipinski definition) is 1. The number of nitrogens with zero attached hydrogens (tertiary/aromatic N) is 1. The van der Waals surface area contributed by atoms with Crippen LogP contribution in [0.15, 0.2) is 35.8 Å². The zero-order chi connectivity index (χ0) is 14.4. The molecule has 0 amide bonds. The van der Waals surface area contributed by atoms with Gasteiger partial charge in [0.1, 0.15) is 0 Å². The van der Waals surface area contributed by atoms with Gasteiger partial charge >= 0.3 is 0 Å². The summed E-state index contributed by atoms with van der Waals surface area (Å²) in [6, 6.07) is 9.38. The van der Waals surface area contributed by atoms with Gasteiger partial charge in [0.05, 0.1) is 5.01 Å². The van der Waals surface area contributed by atoms with Crippen LogP contribution in [0.1, 0.15) is 30.0 Å². The second-order valence-corrected chi connectivity index (χ2v) is 6.73. The van der Waals surface area contributed by atoms with E-state index >= 15 is 0 Å². The third-order valence-corrected chi connectivity index (χ3v) is 4.17. The van der Waals surface area contributed by atoms with E-state index in [4.69, 9.17) is 0 Å². The molecule has 0 radical (unpaired) electrons. The van der Waals surface area contributed by atoms with E-state index in [0.717, 1.165) is 19.4 Å². The Bertz CT molecular complexity index is 505. The molecule has 1 N–H and O–H groups in total. The molecule has 20 heavy (non-hydrogen) atoms. The SMILES string of the molecule is Cc1cccc(CC(CNC(C)C)Cc2nccs2)c1. The summed E-state index contributed by atoms with van der Waals surface area (Å²) in [7, 11) is 0. The van der Waals surface area contributed by atoms with Gasteiger partial charge in [0.25, 0.3) is 0 Å². The van der Waals surface area contributed by atoms with Gasteiger partial charge in [-0.1, -0.05) is 43.7 Å². The summed E-state index contributed by atoms with van der Waals surface area (Å²) >= 11 is 1.76. The van der Waals surface area contributed by atoms with Crippen molar-refractivity contribution in [1.82, 2.24) is 10.3 Å². The van der Waals surface area contributed by atoms with E-state index in [2.05, 4.69) is 60.7 Å². The lowest BCUT2D eigenvalue weighted by Gasteiger charge is -2.18. The van der Waals surface area contributed by atoms with Crippen molar-refractivity contribution in [2.45, 2.75) is 39.7 Å². The maximum absolute atomic E-state index is 4.43. The maximum atomic E-state index is 4.43. The molecule has 0 fully saturated rings. The molecule has 1 unspecified atom stereocenters. The minimum Gasteiger partial charge on any atom is -0.314 e. The minimum atomic E-state index is 0.534. The summed E-state index contributed by atoms with van der Waals surface area (Å²) < 4.78 is 0. The fraction of sp³-hybridized carbons (Fsp3) is 0.471. The first-order valence-electron chi connectivity index (χ1n) is 7.31. The Balaban J connectivity index is 2.01. The van der Waals surface area contributed by atoms with Gasteiger partial charge in [0.15, 0.2) is 0 Å². The van der Waals surface area contributed by atoms with E-state index < -0.39 is 0 Å². The number of thiazole rings is 1. The number of aromatic nitrogens is 1. The molecule has 0 aliphatic rings. The smallest absolute Gasteiger partial charge is 0.0928 e. The summed E-state index contributed by atoms with van der Waals surface area (Å²) in [6.07, 6.45) is 4.08. The van der Waals surface area contributed by atoms with Gasteiger partial charge in [0.2, 0.25) is 0 Å². The minimum absolute atomic E-state index is 0.534. The van der Waals surface area contributed by atoms with Crippen LogP contribution in [0.3, 0.4) is 0 Å². The largest absolute Gasteiger partial charge is 0.314 e. The summed E-state index contributed by atoms with van der Waals surface area (Å²) in [6.45, 7) is 7.61. The second kappa shape index (κ2) is 7.55. The average Bonchev–Trinajstić information content (AvgIpc) is 2.89. The molecule has 1 heterocycles. The molecule has 1 aromatic carbocycles. The fourth-order valence-corrected chi connectivity index (χ4v) is 3.12. The zero-order valence-electron chi connectivity index (χ0n) is 12.6. The predicted molar refractivity (Wildman–Crippen MR) is 87.3 cm³/mol. The van der Waals surface area contributed by atoms with Crippen molar-refractivity contribution >= 4 is 11.3 Å². The van der Waals surface area contributed by atoms with E-state index in [1.165, 1.54) is 16.1 Å². The molecule has 0 aliphatic carbocycles. The molecule has 0 bridgehead atoms. The molecule has 2 nitrogen and oxygen atoms in total. The molecule has 0 spiro atoms. The summed E-state index contributed by atoms with van der Waals surface area (Å²) in [5, 5.41) is 6.88. The van der Waals surface area contributed by atoms with Crippen molar-refractivity contribution in [3.05, 3.63) is 52.0 Å². The molecule has 2 rings (SSSR count). The highest BCUT2D eigenvalue weighted by Crippen LogP contribution is 2.17. The van der Waals surface area contributed by atoms with Crippen molar-refractivity contribution in [1.29, 1.82) is 0 Å². The van der Waals surface area contributed by atoms with E-state index in [-0.39, 0.29) is 0 Å². The van der Waals surface area contributed by atoms with E-state index in [1.54, 1.807) is 11.3 Å². The number of aryl methyl sites for hydroxylation is 1. The Labute approximate surface area is 126 Å². The highest BCUT2D eigenvalue weighted by atomic mass is 32.1.